The van der Waals surface area contributed by atoms with Crippen LogP contribution in [0.5, 0.6) is 11.5 Å². The van der Waals surface area contributed by atoms with Crippen molar-refractivity contribution in [1.29, 1.82) is 0 Å². The van der Waals surface area contributed by atoms with Gasteiger partial charge in [0.1, 0.15) is 11.5 Å². The molecule has 102 valence electrons. The molecule has 5 nitrogen and oxygen atoms in total. The number of methoxy groups -OCH3 is 2. The molecule has 0 aliphatic carbocycles. The molecule has 1 aromatic heterocycles. The van der Waals surface area contributed by atoms with E-state index in [0.29, 0.717) is 6.54 Å². The first kappa shape index (κ1) is 13.3. The Kier molecular flexibility index (Phi) is 3.94. The molecule has 0 aliphatic heterocycles. The van der Waals surface area contributed by atoms with E-state index < -0.39 is 0 Å². The highest BCUT2D eigenvalue weighted by molar-refractivity contribution is 5.47. The van der Waals surface area contributed by atoms with Crippen molar-refractivity contribution in [2.75, 3.05) is 19.5 Å². The lowest BCUT2D eigenvalue weighted by molar-refractivity contribution is 0.393. The van der Waals surface area contributed by atoms with Crippen LogP contribution in [0.2, 0.25) is 0 Å². The van der Waals surface area contributed by atoms with Crippen LogP contribution in [0.4, 0.5) is 5.69 Å². The van der Waals surface area contributed by atoms with Crippen LogP contribution in [0.1, 0.15) is 11.3 Å². The SMILES string of the molecule is COc1cc(CNc2cn(C)nc2C)cc(OC)c1. The molecule has 1 N–H and O–H groups in total. The van der Waals surface area contributed by atoms with Crippen molar-refractivity contribution < 1.29 is 9.47 Å². The number of ether oxygens (including phenoxy) is 2. The van der Waals surface area contributed by atoms with Gasteiger partial charge in [-0.2, -0.15) is 5.10 Å². The second-order valence-corrected chi connectivity index (χ2v) is 4.38. The van der Waals surface area contributed by atoms with Crippen molar-refractivity contribution in [1.82, 2.24) is 9.78 Å². The summed E-state index contributed by atoms with van der Waals surface area (Å²) < 4.78 is 12.3. The van der Waals surface area contributed by atoms with Gasteiger partial charge in [0.25, 0.3) is 0 Å². The molecule has 1 heterocycles. The van der Waals surface area contributed by atoms with Crippen LogP contribution in [0.3, 0.4) is 0 Å². The van der Waals surface area contributed by atoms with Crippen molar-refractivity contribution in [2.24, 2.45) is 7.05 Å². The van der Waals surface area contributed by atoms with Gasteiger partial charge in [-0.15, -0.1) is 0 Å². The Labute approximate surface area is 113 Å². The average Bonchev–Trinajstić information content (AvgIpc) is 2.74. The Morgan fingerprint density at radius 2 is 1.79 bits per heavy atom. The molecule has 2 aromatic rings. The fraction of sp³-hybridized carbons (Fsp3) is 0.357. The number of rotatable bonds is 5. The number of nitrogens with one attached hydrogen (secondary N) is 1. The molecule has 1 aromatic carbocycles. The zero-order valence-corrected chi connectivity index (χ0v) is 11.7. The Balaban J connectivity index is 2.12. The van der Waals surface area contributed by atoms with Gasteiger partial charge in [-0.25, -0.2) is 0 Å². The fourth-order valence-electron chi connectivity index (χ4n) is 1.94. The fourth-order valence-corrected chi connectivity index (χ4v) is 1.94. The maximum absolute atomic E-state index is 5.25. The van der Waals surface area contributed by atoms with Crippen molar-refractivity contribution >= 4 is 5.69 Å². The zero-order valence-electron chi connectivity index (χ0n) is 11.7. The number of aromatic nitrogens is 2. The summed E-state index contributed by atoms with van der Waals surface area (Å²) in [7, 11) is 5.21. The lowest BCUT2D eigenvalue weighted by Crippen LogP contribution is -2.01. The highest BCUT2D eigenvalue weighted by atomic mass is 16.5. The van der Waals surface area contributed by atoms with Crippen molar-refractivity contribution in [3.8, 4) is 11.5 Å². The molecule has 5 heteroatoms. The molecule has 0 atom stereocenters. The lowest BCUT2D eigenvalue weighted by atomic mass is 10.2. The summed E-state index contributed by atoms with van der Waals surface area (Å²) in [6, 6.07) is 5.83. The molecule has 0 amide bonds. The molecular formula is C14H19N3O2. The number of aryl methyl sites for hydroxylation is 2. The number of anilines is 1. The largest absolute Gasteiger partial charge is 0.497 e. The van der Waals surface area contributed by atoms with Crippen molar-refractivity contribution in [3.63, 3.8) is 0 Å². The summed E-state index contributed by atoms with van der Waals surface area (Å²) in [6.07, 6.45) is 1.97. The minimum Gasteiger partial charge on any atom is -0.497 e. The standard InChI is InChI=1S/C14H19N3O2/c1-10-14(9-17(2)16-10)15-8-11-5-12(18-3)7-13(6-11)19-4/h5-7,9,15H,8H2,1-4H3. The van der Waals surface area contributed by atoms with E-state index in [4.69, 9.17) is 9.47 Å². The molecule has 0 fully saturated rings. The van der Waals surface area contributed by atoms with Gasteiger partial charge >= 0.3 is 0 Å². The molecular weight excluding hydrogens is 242 g/mol. The van der Waals surface area contributed by atoms with Crippen LogP contribution in [0, 0.1) is 6.92 Å². The van der Waals surface area contributed by atoms with Gasteiger partial charge in [-0.3, -0.25) is 4.68 Å². The lowest BCUT2D eigenvalue weighted by Gasteiger charge is -2.09. The normalized spacial score (nSPS) is 10.3. The van der Waals surface area contributed by atoms with Crippen LogP contribution in [-0.2, 0) is 13.6 Å². The first-order chi connectivity index (χ1) is 9.12. The summed E-state index contributed by atoms with van der Waals surface area (Å²) >= 11 is 0. The summed E-state index contributed by atoms with van der Waals surface area (Å²) in [6.45, 7) is 2.68. The minimum absolute atomic E-state index is 0.695. The molecule has 0 saturated carbocycles. The van der Waals surface area contributed by atoms with Gasteiger partial charge in [0, 0.05) is 25.9 Å². The third-order valence-electron chi connectivity index (χ3n) is 2.91. The summed E-state index contributed by atoms with van der Waals surface area (Å²) in [5, 5.41) is 7.65. The Hall–Kier alpha value is -2.17. The van der Waals surface area contributed by atoms with E-state index in [-0.39, 0.29) is 0 Å². The van der Waals surface area contributed by atoms with Crippen LogP contribution in [0.25, 0.3) is 0 Å². The topological polar surface area (TPSA) is 48.3 Å². The number of hydrogen-bond donors (Lipinski definition) is 1. The molecule has 19 heavy (non-hydrogen) atoms. The quantitative estimate of drug-likeness (QED) is 0.897. The molecule has 0 spiro atoms. The van der Waals surface area contributed by atoms with E-state index in [0.717, 1.165) is 28.4 Å². The van der Waals surface area contributed by atoms with Gasteiger partial charge in [0.05, 0.1) is 25.6 Å². The highest BCUT2D eigenvalue weighted by Gasteiger charge is 2.05. The number of benzene rings is 1. The summed E-state index contributed by atoms with van der Waals surface area (Å²) in [5.74, 6) is 1.58. The molecule has 0 bridgehead atoms. The van der Waals surface area contributed by atoms with E-state index >= 15 is 0 Å². The molecule has 0 aliphatic rings. The van der Waals surface area contributed by atoms with Crippen molar-refractivity contribution in [3.05, 3.63) is 35.7 Å². The predicted octanol–water partition coefficient (Wildman–Crippen LogP) is 2.36. The smallest absolute Gasteiger partial charge is 0.122 e. The Bertz CT molecular complexity index is 542. The zero-order chi connectivity index (χ0) is 13.8. The van der Waals surface area contributed by atoms with E-state index in [1.54, 1.807) is 18.9 Å². The molecule has 0 radical (unpaired) electrons. The van der Waals surface area contributed by atoms with Gasteiger partial charge in [-0.05, 0) is 24.6 Å². The maximum atomic E-state index is 5.25. The van der Waals surface area contributed by atoms with Gasteiger partial charge in [0.2, 0.25) is 0 Å². The maximum Gasteiger partial charge on any atom is 0.122 e. The van der Waals surface area contributed by atoms with Crippen LogP contribution >= 0.6 is 0 Å². The highest BCUT2D eigenvalue weighted by Crippen LogP contribution is 2.23. The second-order valence-electron chi connectivity index (χ2n) is 4.38. The predicted molar refractivity (Wildman–Crippen MR) is 74.8 cm³/mol. The first-order valence-electron chi connectivity index (χ1n) is 6.08. The van der Waals surface area contributed by atoms with Gasteiger partial charge < -0.3 is 14.8 Å². The van der Waals surface area contributed by atoms with E-state index in [2.05, 4.69) is 10.4 Å². The number of hydrogen-bond acceptors (Lipinski definition) is 4. The summed E-state index contributed by atoms with van der Waals surface area (Å²) in [4.78, 5) is 0. The second kappa shape index (κ2) is 5.65. The van der Waals surface area contributed by atoms with Crippen molar-refractivity contribution in [2.45, 2.75) is 13.5 Å². The van der Waals surface area contributed by atoms with Crippen LogP contribution in [-0.4, -0.2) is 24.0 Å². The first-order valence-corrected chi connectivity index (χ1v) is 6.08. The Morgan fingerprint density at radius 1 is 1.16 bits per heavy atom. The average molecular weight is 261 g/mol. The third kappa shape index (κ3) is 3.19. The van der Waals surface area contributed by atoms with Crippen LogP contribution < -0.4 is 14.8 Å². The van der Waals surface area contributed by atoms with E-state index in [9.17, 15) is 0 Å². The Morgan fingerprint density at radius 3 is 2.26 bits per heavy atom. The van der Waals surface area contributed by atoms with E-state index in [1.165, 1.54) is 0 Å². The molecule has 0 unspecified atom stereocenters. The summed E-state index contributed by atoms with van der Waals surface area (Å²) in [5.41, 5.74) is 3.11. The third-order valence-corrected chi connectivity index (χ3v) is 2.91. The monoisotopic (exact) mass is 261 g/mol. The number of nitrogens with zero attached hydrogens (tertiary/aromatic N) is 2. The van der Waals surface area contributed by atoms with Gasteiger partial charge in [-0.1, -0.05) is 0 Å². The van der Waals surface area contributed by atoms with E-state index in [1.807, 2.05) is 38.4 Å². The van der Waals surface area contributed by atoms with Crippen LogP contribution in [0.15, 0.2) is 24.4 Å². The molecule has 2 rings (SSSR count). The minimum atomic E-state index is 0.695. The van der Waals surface area contributed by atoms with Gasteiger partial charge in [0.15, 0.2) is 0 Å². The molecule has 0 saturated heterocycles.